The van der Waals surface area contributed by atoms with Gasteiger partial charge in [0.2, 0.25) is 10.0 Å². The van der Waals surface area contributed by atoms with Crippen LogP contribution in [0.2, 0.25) is 0 Å². The van der Waals surface area contributed by atoms with Crippen LogP contribution in [0.15, 0.2) is 30.3 Å². The van der Waals surface area contributed by atoms with Crippen LogP contribution < -0.4 is 0 Å². The summed E-state index contributed by atoms with van der Waals surface area (Å²) in [5.74, 6) is -0.0724. The third kappa shape index (κ3) is 3.28. The van der Waals surface area contributed by atoms with Crippen molar-refractivity contribution in [1.82, 2.24) is 9.21 Å². The molecule has 23 heavy (non-hydrogen) atoms. The third-order valence-corrected chi connectivity index (χ3v) is 7.43. The number of likely N-dealkylation sites (tertiary alicyclic amines) is 1. The largest absolute Gasteiger partial charge is 0.337 e. The van der Waals surface area contributed by atoms with E-state index in [1.807, 2.05) is 18.2 Å². The normalized spacial score (nSPS) is 22.9. The highest BCUT2D eigenvalue weighted by molar-refractivity contribution is 7.89. The van der Waals surface area contributed by atoms with Gasteiger partial charge in [0, 0.05) is 31.7 Å². The van der Waals surface area contributed by atoms with Gasteiger partial charge in [0.05, 0.1) is 5.25 Å². The van der Waals surface area contributed by atoms with Crippen molar-refractivity contribution < 1.29 is 13.2 Å². The minimum Gasteiger partial charge on any atom is -0.337 e. The van der Waals surface area contributed by atoms with Gasteiger partial charge in [-0.05, 0) is 37.8 Å². The van der Waals surface area contributed by atoms with Crippen LogP contribution in [-0.2, 0) is 10.0 Å². The zero-order valence-corrected chi connectivity index (χ0v) is 14.3. The van der Waals surface area contributed by atoms with Crippen molar-refractivity contribution >= 4 is 15.9 Å². The van der Waals surface area contributed by atoms with E-state index in [2.05, 4.69) is 0 Å². The van der Waals surface area contributed by atoms with Gasteiger partial charge in [-0.15, -0.1) is 0 Å². The fraction of sp³-hybridized carbons (Fsp3) is 0.588. The summed E-state index contributed by atoms with van der Waals surface area (Å²) in [5.41, 5.74) is 0.623. The van der Waals surface area contributed by atoms with Gasteiger partial charge in [-0.25, -0.2) is 12.7 Å². The molecular weight excluding hydrogens is 312 g/mol. The Morgan fingerprint density at radius 2 is 1.83 bits per heavy atom. The lowest BCUT2D eigenvalue weighted by Crippen LogP contribution is -2.51. The molecule has 126 valence electrons. The number of carbonyl (C=O) groups excluding carboxylic acids is 1. The Morgan fingerprint density at radius 3 is 2.43 bits per heavy atom. The van der Waals surface area contributed by atoms with Gasteiger partial charge in [0.1, 0.15) is 0 Å². The molecule has 3 rings (SSSR count). The van der Waals surface area contributed by atoms with E-state index in [1.165, 1.54) is 0 Å². The van der Waals surface area contributed by atoms with Crippen molar-refractivity contribution in [3.8, 4) is 0 Å². The van der Waals surface area contributed by atoms with E-state index in [9.17, 15) is 13.2 Å². The molecule has 1 aliphatic heterocycles. The second-order valence-electron chi connectivity index (χ2n) is 6.53. The first kappa shape index (κ1) is 16.5. The summed E-state index contributed by atoms with van der Waals surface area (Å²) in [6, 6.07) is 9.24. The first-order valence-electron chi connectivity index (χ1n) is 8.31. The van der Waals surface area contributed by atoms with E-state index in [-0.39, 0.29) is 11.9 Å². The number of hydrogen-bond donors (Lipinski definition) is 0. The maximum atomic E-state index is 12.8. The SMILES string of the molecule is CN(C1CCC1)S(=O)(=O)C1CCCN(C(=O)c2ccccc2)C1. The molecule has 5 nitrogen and oxygen atoms in total. The molecule has 2 aliphatic rings. The summed E-state index contributed by atoms with van der Waals surface area (Å²) >= 11 is 0. The Labute approximate surface area is 138 Å². The molecule has 1 heterocycles. The van der Waals surface area contributed by atoms with E-state index in [1.54, 1.807) is 28.4 Å². The zero-order chi connectivity index (χ0) is 16.4. The predicted molar refractivity (Wildman–Crippen MR) is 89.7 cm³/mol. The molecule has 1 saturated heterocycles. The fourth-order valence-electron chi connectivity index (χ4n) is 3.32. The summed E-state index contributed by atoms with van der Waals surface area (Å²) in [6.45, 7) is 0.931. The lowest BCUT2D eigenvalue weighted by Gasteiger charge is -2.39. The highest BCUT2D eigenvalue weighted by Gasteiger charge is 2.39. The number of sulfonamides is 1. The van der Waals surface area contributed by atoms with E-state index in [0.717, 1.165) is 25.7 Å². The first-order chi connectivity index (χ1) is 11.0. The van der Waals surface area contributed by atoms with Crippen LogP contribution in [0.5, 0.6) is 0 Å². The first-order valence-corrected chi connectivity index (χ1v) is 9.81. The fourth-order valence-corrected chi connectivity index (χ4v) is 5.25. The van der Waals surface area contributed by atoms with Gasteiger partial charge in [0.25, 0.3) is 5.91 Å². The maximum Gasteiger partial charge on any atom is 0.253 e. The summed E-state index contributed by atoms with van der Waals surface area (Å²) in [4.78, 5) is 14.3. The van der Waals surface area contributed by atoms with Crippen LogP contribution in [0.1, 0.15) is 42.5 Å². The lowest BCUT2D eigenvalue weighted by atomic mass is 9.93. The van der Waals surface area contributed by atoms with Crippen LogP contribution in [0.25, 0.3) is 0 Å². The number of benzene rings is 1. The second kappa shape index (κ2) is 6.61. The van der Waals surface area contributed by atoms with Crippen molar-refractivity contribution in [1.29, 1.82) is 0 Å². The van der Waals surface area contributed by atoms with Gasteiger partial charge in [0.15, 0.2) is 0 Å². The van der Waals surface area contributed by atoms with Gasteiger partial charge in [-0.2, -0.15) is 0 Å². The number of carbonyl (C=O) groups is 1. The molecule has 1 aromatic rings. The Kier molecular flexibility index (Phi) is 4.73. The molecule has 1 aliphatic carbocycles. The van der Waals surface area contributed by atoms with Crippen LogP contribution in [0, 0.1) is 0 Å². The Balaban J connectivity index is 1.71. The molecule has 1 aromatic carbocycles. The van der Waals surface area contributed by atoms with Gasteiger partial charge >= 0.3 is 0 Å². The number of hydrogen-bond acceptors (Lipinski definition) is 3. The van der Waals surface area contributed by atoms with E-state index < -0.39 is 15.3 Å². The smallest absolute Gasteiger partial charge is 0.253 e. The molecule has 6 heteroatoms. The van der Waals surface area contributed by atoms with Crippen LogP contribution in [-0.4, -0.2) is 55.0 Å². The Hall–Kier alpha value is -1.40. The van der Waals surface area contributed by atoms with Crippen molar-refractivity contribution in [2.75, 3.05) is 20.1 Å². The molecule has 0 aromatic heterocycles. The lowest BCUT2D eigenvalue weighted by molar-refractivity contribution is 0.0725. The third-order valence-electron chi connectivity index (χ3n) is 5.10. The monoisotopic (exact) mass is 336 g/mol. The summed E-state index contributed by atoms with van der Waals surface area (Å²) < 4.78 is 27.2. The summed E-state index contributed by atoms with van der Waals surface area (Å²) in [6.07, 6.45) is 4.39. The van der Waals surface area contributed by atoms with Gasteiger partial charge < -0.3 is 4.90 Å². The van der Waals surface area contributed by atoms with Crippen molar-refractivity contribution in [2.45, 2.75) is 43.4 Å². The standard InChI is InChI=1S/C17H24N2O3S/c1-18(15-9-5-10-15)23(21,22)16-11-6-12-19(13-16)17(20)14-7-3-2-4-8-14/h2-4,7-8,15-16H,5-6,9-13H2,1H3. The molecular formula is C17H24N2O3S. The highest BCUT2D eigenvalue weighted by Crippen LogP contribution is 2.29. The highest BCUT2D eigenvalue weighted by atomic mass is 32.2. The maximum absolute atomic E-state index is 12.8. The van der Waals surface area contributed by atoms with Gasteiger partial charge in [-0.1, -0.05) is 24.6 Å². The Bertz CT molecular complexity index is 656. The van der Waals surface area contributed by atoms with Crippen LogP contribution >= 0.6 is 0 Å². The quantitative estimate of drug-likeness (QED) is 0.846. The molecule has 1 unspecified atom stereocenters. The Morgan fingerprint density at radius 1 is 1.13 bits per heavy atom. The minimum absolute atomic E-state index is 0.0724. The van der Waals surface area contributed by atoms with E-state index in [4.69, 9.17) is 0 Å². The summed E-state index contributed by atoms with van der Waals surface area (Å²) in [5, 5.41) is -0.477. The molecule has 2 fully saturated rings. The molecule has 1 amide bonds. The molecule has 0 N–H and O–H groups in total. The summed E-state index contributed by atoms with van der Waals surface area (Å²) in [7, 11) is -1.64. The van der Waals surface area contributed by atoms with Crippen molar-refractivity contribution in [3.05, 3.63) is 35.9 Å². The molecule has 0 bridgehead atoms. The van der Waals surface area contributed by atoms with E-state index >= 15 is 0 Å². The topological polar surface area (TPSA) is 57.7 Å². The number of amides is 1. The molecule has 1 saturated carbocycles. The number of piperidine rings is 1. The van der Waals surface area contributed by atoms with Crippen molar-refractivity contribution in [2.24, 2.45) is 0 Å². The van der Waals surface area contributed by atoms with E-state index in [0.29, 0.717) is 25.1 Å². The van der Waals surface area contributed by atoms with Gasteiger partial charge in [-0.3, -0.25) is 4.79 Å². The molecule has 1 atom stereocenters. The minimum atomic E-state index is -3.33. The average Bonchev–Trinajstić information content (AvgIpc) is 2.53. The number of rotatable bonds is 4. The molecule has 0 radical (unpaired) electrons. The number of nitrogens with zero attached hydrogens (tertiary/aromatic N) is 2. The van der Waals surface area contributed by atoms with Crippen LogP contribution in [0.4, 0.5) is 0 Å². The second-order valence-corrected chi connectivity index (χ2v) is 8.80. The van der Waals surface area contributed by atoms with Crippen molar-refractivity contribution in [3.63, 3.8) is 0 Å². The molecule has 0 spiro atoms. The average molecular weight is 336 g/mol. The zero-order valence-electron chi connectivity index (χ0n) is 13.5. The predicted octanol–water partition coefficient (Wildman–Crippen LogP) is 2.11. The van der Waals surface area contributed by atoms with Crippen LogP contribution in [0.3, 0.4) is 0 Å².